The number of hydrogen-bond donors (Lipinski definition) is 1. The van der Waals surface area contributed by atoms with Crippen LogP contribution in [0.1, 0.15) is 5.56 Å². The summed E-state index contributed by atoms with van der Waals surface area (Å²) >= 11 is 0. The van der Waals surface area contributed by atoms with Gasteiger partial charge in [0.25, 0.3) is 0 Å². The van der Waals surface area contributed by atoms with E-state index in [1.807, 2.05) is 30.3 Å². The number of hydrogen-bond acceptors (Lipinski definition) is 4. The first-order chi connectivity index (χ1) is 6.83. The van der Waals surface area contributed by atoms with Gasteiger partial charge in [-0.15, -0.1) is 5.48 Å². The van der Waals surface area contributed by atoms with Gasteiger partial charge in [0.1, 0.15) is 6.61 Å². The van der Waals surface area contributed by atoms with E-state index in [0.717, 1.165) is 5.56 Å². The molecule has 1 aromatic carbocycles. The summed E-state index contributed by atoms with van der Waals surface area (Å²) in [5, 5.41) is 0. The van der Waals surface area contributed by atoms with Gasteiger partial charge in [0.2, 0.25) is 0 Å². The van der Waals surface area contributed by atoms with Gasteiger partial charge >= 0.3 is 12.6 Å². The Hall–Kier alpha value is -2.04. The number of rotatable bonds is 4. The van der Waals surface area contributed by atoms with Crippen molar-refractivity contribution in [3.63, 3.8) is 0 Å². The first-order valence-corrected chi connectivity index (χ1v) is 3.89. The third-order valence-corrected chi connectivity index (χ3v) is 1.40. The van der Waals surface area contributed by atoms with Crippen LogP contribution in [0.2, 0.25) is 0 Å². The molecule has 1 aromatic rings. The normalized spacial score (nSPS) is 8.86. The molecule has 0 aromatic heterocycles. The van der Waals surface area contributed by atoms with Crippen LogP contribution in [0.3, 0.4) is 0 Å². The van der Waals surface area contributed by atoms with E-state index in [1.165, 1.54) is 0 Å². The van der Waals surface area contributed by atoms with Gasteiger partial charge < -0.3 is 9.57 Å². The molecule has 0 spiro atoms. The fourth-order valence-electron chi connectivity index (χ4n) is 0.825. The van der Waals surface area contributed by atoms with E-state index < -0.39 is 6.09 Å². The van der Waals surface area contributed by atoms with E-state index in [2.05, 4.69) is 4.84 Å². The highest BCUT2D eigenvalue weighted by Gasteiger charge is 2.01. The maximum Gasteiger partial charge on any atom is 0.441 e. The van der Waals surface area contributed by atoms with E-state index in [4.69, 9.17) is 4.74 Å². The molecule has 14 heavy (non-hydrogen) atoms. The van der Waals surface area contributed by atoms with Crippen LogP contribution in [0.5, 0.6) is 0 Å². The second kappa shape index (κ2) is 5.58. The van der Waals surface area contributed by atoms with E-state index in [9.17, 15) is 9.59 Å². The maximum atomic E-state index is 10.8. The lowest BCUT2D eigenvalue weighted by Crippen LogP contribution is -2.23. The van der Waals surface area contributed by atoms with Crippen molar-refractivity contribution >= 4 is 12.6 Å². The van der Waals surface area contributed by atoms with Gasteiger partial charge in [0, 0.05) is 0 Å². The molecular formula is C9H9NO4. The number of carbonyl (C=O) groups excluding carboxylic acids is 2. The largest absolute Gasteiger partial charge is 0.443 e. The molecule has 0 aliphatic rings. The molecule has 0 aliphatic carbocycles. The minimum absolute atomic E-state index is 0.101. The molecule has 1 N–H and O–H groups in total. The highest BCUT2D eigenvalue weighted by Crippen LogP contribution is 2.00. The highest BCUT2D eigenvalue weighted by molar-refractivity contribution is 5.66. The number of benzene rings is 1. The molecule has 74 valence electrons. The smallest absolute Gasteiger partial charge is 0.441 e. The summed E-state index contributed by atoms with van der Waals surface area (Å²) in [6.45, 7) is 0.235. The van der Waals surface area contributed by atoms with E-state index in [-0.39, 0.29) is 13.1 Å². The first kappa shape index (κ1) is 10.0. The van der Waals surface area contributed by atoms with Crippen LogP contribution in [0.25, 0.3) is 0 Å². The molecule has 0 saturated heterocycles. The van der Waals surface area contributed by atoms with E-state index >= 15 is 0 Å². The lowest BCUT2D eigenvalue weighted by Gasteiger charge is -2.03. The SMILES string of the molecule is O=CONC(=O)OCc1ccccc1. The monoisotopic (exact) mass is 195 g/mol. The van der Waals surface area contributed by atoms with Crippen molar-refractivity contribution in [2.24, 2.45) is 0 Å². The Morgan fingerprint density at radius 3 is 2.71 bits per heavy atom. The average Bonchev–Trinajstić information content (AvgIpc) is 2.25. The van der Waals surface area contributed by atoms with Gasteiger partial charge in [-0.25, -0.2) is 4.79 Å². The molecule has 0 atom stereocenters. The van der Waals surface area contributed by atoms with Crippen molar-refractivity contribution in [2.75, 3.05) is 0 Å². The zero-order valence-electron chi connectivity index (χ0n) is 7.30. The number of ether oxygens (including phenoxy) is 1. The van der Waals surface area contributed by atoms with Gasteiger partial charge in [0.15, 0.2) is 0 Å². The van der Waals surface area contributed by atoms with Crippen molar-refractivity contribution in [2.45, 2.75) is 6.61 Å². The predicted octanol–water partition coefficient (Wildman–Crippen LogP) is 1.00. The Labute approximate surface area is 80.6 Å². The van der Waals surface area contributed by atoms with Crippen LogP contribution < -0.4 is 5.48 Å². The Morgan fingerprint density at radius 2 is 2.07 bits per heavy atom. The second-order valence-corrected chi connectivity index (χ2v) is 2.38. The van der Waals surface area contributed by atoms with Crippen molar-refractivity contribution in [1.29, 1.82) is 0 Å². The van der Waals surface area contributed by atoms with Crippen LogP contribution in [0.15, 0.2) is 30.3 Å². The molecule has 0 unspecified atom stereocenters. The lowest BCUT2D eigenvalue weighted by molar-refractivity contribution is -0.134. The molecule has 5 heteroatoms. The Bertz CT molecular complexity index is 299. The molecule has 0 radical (unpaired) electrons. The molecule has 0 fully saturated rings. The topological polar surface area (TPSA) is 64.6 Å². The molecule has 5 nitrogen and oxygen atoms in total. The van der Waals surface area contributed by atoms with Crippen molar-refractivity contribution < 1.29 is 19.2 Å². The number of nitrogens with one attached hydrogen (secondary N) is 1. The van der Waals surface area contributed by atoms with Gasteiger partial charge in [-0.3, -0.25) is 4.79 Å². The molecule has 0 bridgehead atoms. The molecular weight excluding hydrogens is 186 g/mol. The van der Waals surface area contributed by atoms with Crippen molar-refractivity contribution in [1.82, 2.24) is 5.48 Å². The summed E-state index contributed by atoms with van der Waals surface area (Å²) in [5.74, 6) is 0. The number of amides is 1. The Balaban J connectivity index is 2.27. The van der Waals surface area contributed by atoms with Gasteiger partial charge in [0.05, 0.1) is 0 Å². The van der Waals surface area contributed by atoms with Crippen LogP contribution in [-0.4, -0.2) is 12.6 Å². The third kappa shape index (κ3) is 3.57. The first-order valence-electron chi connectivity index (χ1n) is 3.89. The van der Waals surface area contributed by atoms with Crippen LogP contribution in [0.4, 0.5) is 4.79 Å². The quantitative estimate of drug-likeness (QED) is 0.575. The fraction of sp³-hybridized carbons (Fsp3) is 0.111. The number of hydroxylamine groups is 1. The van der Waals surface area contributed by atoms with Gasteiger partial charge in [-0.2, -0.15) is 0 Å². The Kier molecular flexibility index (Phi) is 4.00. The standard InChI is InChI=1S/C9H9NO4/c11-7-14-10-9(12)13-6-8-4-2-1-3-5-8/h1-5,7H,6H2,(H,10,12). The molecule has 1 amide bonds. The maximum absolute atomic E-state index is 10.8. The second-order valence-electron chi connectivity index (χ2n) is 2.38. The van der Waals surface area contributed by atoms with Gasteiger partial charge in [-0.1, -0.05) is 30.3 Å². The summed E-state index contributed by atoms with van der Waals surface area (Å²) in [6.07, 6.45) is -0.805. The van der Waals surface area contributed by atoms with Gasteiger partial charge in [-0.05, 0) is 5.56 Å². The molecule has 1 rings (SSSR count). The third-order valence-electron chi connectivity index (χ3n) is 1.40. The highest BCUT2D eigenvalue weighted by atomic mass is 16.7. The minimum atomic E-state index is -0.805. The summed E-state index contributed by atoms with van der Waals surface area (Å²) < 4.78 is 4.70. The van der Waals surface area contributed by atoms with Crippen LogP contribution in [0, 0.1) is 0 Å². The lowest BCUT2D eigenvalue weighted by atomic mass is 10.2. The summed E-state index contributed by atoms with van der Waals surface area (Å²) in [4.78, 5) is 24.4. The summed E-state index contributed by atoms with van der Waals surface area (Å²) in [7, 11) is 0. The van der Waals surface area contributed by atoms with E-state index in [0.29, 0.717) is 0 Å². The van der Waals surface area contributed by atoms with Crippen molar-refractivity contribution in [3.8, 4) is 0 Å². The van der Waals surface area contributed by atoms with Crippen molar-refractivity contribution in [3.05, 3.63) is 35.9 Å². The molecule has 0 saturated carbocycles. The summed E-state index contributed by atoms with van der Waals surface area (Å²) in [5.41, 5.74) is 2.63. The molecule has 0 heterocycles. The van der Waals surface area contributed by atoms with Crippen LogP contribution in [-0.2, 0) is 21.0 Å². The zero-order valence-corrected chi connectivity index (χ0v) is 7.30. The average molecular weight is 195 g/mol. The number of carbonyl (C=O) groups is 2. The Morgan fingerprint density at radius 1 is 1.36 bits per heavy atom. The molecule has 0 aliphatic heterocycles. The van der Waals surface area contributed by atoms with E-state index in [1.54, 1.807) is 5.48 Å². The fourth-order valence-corrected chi connectivity index (χ4v) is 0.825. The zero-order chi connectivity index (χ0) is 10.2. The predicted molar refractivity (Wildman–Crippen MR) is 46.9 cm³/mol. The summed E-state index contributed by atoms with van der Waals surface area (Å²) in [6, 6.07) is 9.15. The van der Waals surface area contributed by atoms with Crippen LogP contribution >= 0.6 is 0 Å². The minimum Gasteiger partial charge on any atom is -0.443 e.